The summed E-state index contributed by atoms with van der Waals surface area (Å²) in [5.74, 6) is 0.485. The predicted molar refractivity (Wildman–Crippen MR) is 149 cm³/mol. The van der Waals surface area contributed by atoms with E-state index in [4.69, 9.17) is 9.47 Å². The van der Waals surface area contributed by atoms with Gasteiger partial charge in [0.2, 0.25) is 5.91 Å². The average molecular weight is 571 g/mol. The van der Waals surface area contributed by atoms with Crippen LogP contribution in [0.2, 0.25) is 0 Å². The molecule has 2 aliphatic carbocycles. The third-order valence-electron chi connectivity index (χ3n) is 8.94. The minimum absolute atomic E-state index is 0.163. The van der Waals surface area contributed by atoms with E-state index in [2.05, 4.69) is 16.3 Å². The molecule has 3 aliphatic rings. The second kappa shape index (κ2) is 11.6. The van der Waals surface area contributed by atoms with E-state index >= 15 is 0 Å². The molecule has 6 nitrogen and oxygen atoms in total. The molecule has 3 unspecified atom stereocenters. The normalized spacial score (nSPS) is 26.9. The summed E-state index contributed by atoms with van der Waals surface area (Å²) in [5, 5.41) is 3.10. The number of benzene rings is 2. The van der Waals surface area contributed by atoms with Crippen molar-refractivity contribution in [3.8, 4) is 5.75 Å². The van der Waals surface area contributed by atoms with Gasteiger partial charge in [-0.3, -0.25) is 9.59 Å². The molecule has 0 bridgehead atoms. The largest absolute Gasteiger partial charge is 0.427 e. The van der Waals surface area contributed by atoms with Crippen LogP contribution in [0.4, 0.5) is 13.2 Å². The van der Waals surface area contributed by atoms with Gasteiger partial charge >= 0.3 is 12.1 Å². The molecule has 5 rings (SSSR count). The molecule has 0 aromatic heterocycles. The molecule has 2 saturated carbocycles. The number of halogens is 3. The minimum atomic E-state index is -4.45. The Balaban J connectivity index is 1.38. The standard InChI is InChI=1S/C32H37F3N2O4/c1-22(38)41-28-8-4-6-25(18-28)30-15-16-37(20-24-9-10-24)21-31(30,40-2)14-13-27(19-30)36-29(39)12-11-23-5-3-7-26(17-23)32(33,34)35/h3-8,11-12,17-18,24,27H,9-10,13-16,19-21H2,1-2H3,(H,36,39). The number of carbonyl (C=O) groups excluding carboxylic acids is 2. The monoisotopic (exact) mass is 570 g/mol. The number of carbonyl (C=O) groups is 2. The summed E-state index contributed by atoms with van der Waals surface area (Å²) in [6.07, 6.45) is 3.68. The predicted octanol–water partition coefficient (Wildman–Crippen LogP) is 5.75. The Morgan fingerprint density at radius 3 is 2.59 bits per heavy atom. The molecule has 0 spiro atoms. The van der Waals surface area contributed by atoms with E-state index < -0.39 is 28.7 Å². The van der Waals surface area contributed by atoms with Crippen molar-refractivity contribution in [1.29, 1.82) is 0 Å². The summed E-state index contributed by atoms with van der Waals surface area (Å²) in [5.41, 5.74) is -0.348. The van der Waals surface area contributed by atoms with Gasteiger partial charge in [0.05, 0.1) is 11.2 Å². The Bertz CT molecular complexity index is 1310. The molecule has 1 N–H and O–H groups in total. The second-order valence-corrected chi connectivity index (χ2v) is 11.7. The van der Waals surface area contributed by atoms with Crippen molar-refractivity contribution in [3.05, 3.63) is 71.3 Å². The second-order valence-electron chi connectivity index (χ2n) is 11.7. The Kier molecular flexibility index (Phi) is 8.30. The van der Waals surface area contributed by atoms with Gasteiger partial charge in [-0.2, -0.15) is 13.2 Å². The summed E-state index contributed by atoms with van der Waals surface area (Å²) >= 11 is 0. The van der Waals surface area contributed by atoms with Crippen LogP contribution in [0.3, 0.4) is 0 Å². The zero-order valence-electron chi connectivity index (χ0n) is 23.5. The van der Waals surface area contributed by atoms with Gasteiger partial charge in [0.1, 0.15) is 5.75 Å². The van der Waals surface area contributed by atoms with Gasteiger partial charge in [-0.05, 0) is 92.5 Å². The van der Waals surface area contributed by atoms with Crippen LogP contribution in [0.25, 0.3) is 6.08 Å². The first-order chi connectivity index (χ1) is 19.5. The number of hydrogen-bond donors (Lipinski definition) is 1. The smallest absolute Gasteiger partial charge is 0.416 e. The molecule has 0 radical (unpaired) electrons. The van der Waals surface area contributed by atoms with Gasteiger partial charge in [0.25, 0.3) is 0 Å². The number of piperidine rings is 1. The molecule has 2 aromatic carbocycles. The summed E-state index contributed by atoms with van der Waals surface area (Å²) in [6.45, 7) is 4.12. The molecule has 220 valence electrons. The number of amides is 1. The number of likely N-dealkylation sites (tertiary alicyclic amines) is 1. The van der Waals surface area contributed by atoms with Crippen LogP contribution >= 0.6 is 0 Å². The number of rotatable bonds is 8. The number of ether oxygens (including phenoxy) is 2. The molecule has 3 atom stereocenters. The van der Waals surface area contributed by atoms with E-state index in [9.17, 15) is 22.8 Å². The third kappa shape index (κ3) is 6.51. The Labute approximate surface area is 238 Å². The Morgan fingerprint density at radius 2 is 1.88 bits per heavy atom. The fourth-order valence-electron chi connectivity index (χ4n) is 6.80. The number of esters is 1. The van der Waals surface area contributed by atoms with E-state index in [0.717, 1.165) is 56.1 Å². The van der Waals surface area contributed by atoms with E-state index in [0.29, 0.717) is 24.2 Å². The average Bonchev–Trinajstić information content (AvgIpc) is 3.75. The number of hydrogen-bond acceptors (Lipinski definition) is 5. The van der Waals surface area contributed by atoms with Gasteiger partial charge in [-0.1, -0.05) is 24.3 Å². The molecule has 2 aromatic rings. The maximum Gasteiger partial charge on any atom is 0.416 e. The molecule has 1 heterocycles. The fraction of sp³-hybridized carbons (Fsp3) is 0.500. The fourth-order valence-corrected chi connectivity index (χ4v) is 6.80. The molecular formula is C32H37F3N2O4. The first-order valence-corrected chi connectivity index (χ1v) is 14.2. The Morgan fingerprint density at radius 1 is 1.10 bits per heavy atom. The van der Waals surface area contributed by atoms with Crippen molar-refractivity contribution in [2.45, 2.75) is 68.7 Å². The topological polar surface area (TPSA) is 67.9 Å². The number of methoxy groups -OCH3 is 1. The lowest BCUT2D eigenvalue weighted by atomic mass is 9.55. The maximum absolute atomic E-state index is 13.1. The van der Waals surface area contributed by atoms with Crippen LogP contribution < -0.4 is 10.1 Å². The molecule has 1 saturated heterocycles. The summed E-state index contributed by atoms with van der Waals surface area (Å²) in [4.78, 5) is 27.2. The number of fused-ring (bicyclic) bond motifs is 1. The lowest BCUT2D eigenvalue weighted by Crippen LogP contribution is -2.68. The summed E-state index contributed by atoms with van der Waals surface area (Å²) in [6, 6.07) is 12.4. The quantitative estimate of drug-likeness (QED) is 0.249. The van der Waals surface area contributed by atoms with Crippen molar-refractivity contribution in [1.82, 2.24) is 10.2 Å². The maximum atomic E-state index is 13.1. The highest BCUT2D eigenvalue weighted by Crippen LogP contribution is 2.54. The molecule has 1 aliphatic heterocycles. The van der Waals surface area contributed by atoms with E-state index in [1.165, 1.54) is 44.1 Å². The summed E-state index contributed by atoms with van der Waals surface area (Å²) in [7, 11) is 1.77. The highest BCUT2D eigenvalue weighted by Gasteiger charge is 2.59. The Hall–Kier alpha value is -3.17. The van der Waals surface area contributed by atoms with Crippen molar-refractivity contribution >= 4 is 18.0 Å². The molecule has 1 amide bonds. The summed E-state index contributed by atoms with van der Waals surface area (Å²) < 4.78 is 51.1. The van der Waals surface area contributed by atoms with Gasteiger partial charge in [-0.15, -0.1) is 0 Å². The van der Waals surface area contributed by atoms with Crippen LogP contribution in [0, 0.1) is 5.92 Å². The lowest BCUT2D eigenvalue weighted by Gasteiger charge is -2.60. The molecule has 3 fully saturated rings. The molecule has 41 heavy (non-hydrogen) atoms. The number of nitrogens with zero attached hydrogens (tertiary/aromatic N) is 1. The van der Waals surface area contributed by atoms with Crippen LogP contribution in [0.15, 0.2) is 54.6 Å². The van der Waals surface area contributed by atoms with Crippen LogP contribution in [-0.4, -0.2) is 55.2 Å². The lowest BCUT2D eigenvalue weighted by molar-refractivity contribution is -0.150. The van der Waals surface area contributed by atoms with Crippen LogP contribution in [-0.2, 0) is 25.9 Å². The van der Waals surface area contributed by atoms with Crippen molar-refractivity contribution in [2.75, 3.05) is 26.7 Å². The zero-order chi connectivity index (χ0) is 29.3. The number of nitrogens with one attached hydrogen (secondary N) is 1. The van der Waals surface area contributed by atoms with Crippen molar-refractivity contribution in [3.63, 3.8) is 0 Å². The van der Waals surface area contributed by atoms with Crippen molar-refractivity contribution in [2.24, 2.45) is 5.92 Å². The first-order valence-electron chi connectivity index (χ1n) is 14.2. The van der Waals surface area contributed by atoms with Gasteiger partial charge in [-0.25, -0.2) is 0 Å². The minimum Gasteiger partial charge on any atom is -0.427 e. The molecular weight excluding hydrogens is 533 g/mol. The highest BCUT2D eigenvalue weighted by atomic mass is 19.4. The highest BCUT2D eigenvalue weighted by molar-refractivity contribution is 5.92. The van der Waals surface area contributed by atoms with Crippen LogP contribution in [0.5, 0.6) is 5.75 Å². The number of alkyl halides is 3. The van der Waals surface area contributed by atoms with Crippen LogP contribution in [0.1, 0.15) is 62.1 Å². The van der Waals surface area contributed by atoms with Gasteiger partial charge < -0.3 is 19.7 Å². The van der Waals surface area contributed by atoms with E-state index in [1.54, 1.807) is 13.2 Å². The van der Waals surface area contributed by atoms with E-state index in [1.807, 2.05) is 12.1 Å². The van der Waals surface area contributed by atoms with Gasteiger partial charge in [0.15, 0.2) is 0 Å². The first kappa shape index (κ1) is 29.3. The van der Waals surface area contributed by atoms with Crippen molar-refractivity contribution < 1.29 is 32.2 Å². The SMILES string of the molecule is COC12CCC(NC(=O)C=Cc3cccc(C(F)(F)F)c3)CC1(c1cccc(OC(C)=O)c1)CCN(CC1CC1)C2. The zero-order valence-corrected chi connectivity index (χ0v) is 23.5. The third-order valence-corrected chi connectivity index (χ3v) is 8.94. The van der Waals surface area contributed by atoms with E-state index in [-0.39, 0.29) is 11.9 Å². The van der Waals surface area contributed by atoms with Gasteiger partial charge in [0, 0.05) is 44.7 Å². The molecule has 9 heteroatoms.